The Hall–Kier alpha value is -0.460. The number of unbranched alkanes of at least 4 members (excludes halogenated alkanes) is 3. The summed E-state index contributed by atoms with van der Waals surface area (Å²) in [6.45, 7) is 3.60. The standard InChI is InChI=1S/C12H24O5S/c1-3-4-5-9-12(17-18(14,15)16)10-7-6-8-11(2)13/h12H,3-10H2,1-2H3,(H,14,15,16). The van der Waals surface area contributed by atoms with Gasteiger partial charge in [0.1, 0.15) is 5.78 Å². The van der Waals surface area contributed by atoms with Crippen molar-refractivity contribution in [2.24, 2.45) is 0 Å². The first-order valence-electron chi connectivity index (χ1n) is 6.50. The molecule has 6 heteroatoms. The number of carbonyl (C=O) groups excluding carboxylic acids is 1. The molecule has 0 aliphatic rings. The van der Waals surface area contributed by atoms with E-state index in [9.17, 15) is 13.2 Å². The molecule has 0 heterocycles. The lowest BCUT2D eigenvalue weighted by Crippen LogP contribution is -2.18. The zero-order chi connectivity index (χ0) is 14.0. The maximum Gasteiger partial charge on any atom is 0.397 e. The van der Waals surface area contributed by atoms with Gasteiger partial charge in [-0.3, -0.25) is 4.55 Å². The summed E-state index contributed by atoms with van der Waals surface area (Å²) >= 11 is 0. The second kappa shape index (κ2) is 9.47. The van der Waals surface area contributed by atoms with Crippen molar-refractivity contribution < 1.29 is 21.9 Å². The van der Waals surface area contributed by atoms with Crippen molar-refractivity contribution >= 4 is 16.2 Å². The van der Waals surface area contributed by atoms with Crippen LogP contribution in [0, 0.1) is 0 Å². The Morgan fingerprint density at radius 1 is 1.17 bits per heavy atom. The number of hydrogen-bond donors (Lipinski definition) is 1. The van der Waals surface area contributed by atoms with Crippen LogP contribution in [-0.4, -0.2) is 24.9 Å². The molecule has 0 amide bonds. The average molecular weight is 280 g/mol. The van der Waals surface area contributed by atoms with Gasteiger partial charge in [0.25, 0.3) is 0 Å². The van der Waals surface area contributed by atoms with Gasteiger partial charge in [0, 0.05) is 6.42 Å². The highest BCUT2D eigenvalue weighted by Crippen LogP contribution is 2.16. The van der Waals surface area contributed by atoms with E-state index in [2.05, 4.69) is 11.1 Å². The highest BCUT2D eigenvalue weighted by Gasteiger charge is 2.16. The number of ketones is 1. The lowest BCUT2D eigenvalue weighted by atomic mass is 10.0. The van der Waals surface area contributed by atoms with Gasteiger partial charge in [0.2, 0.25) is 0 Å². The van der Waals surface area contributed by atoms with Gasteiger partial charge in [0.15, 0.2) is 0 Å². The number of rotatable bonds is 11. The van der Waals surface area contributed by atoms with Crippen LogP contribution in [0.3, 0.4) is 0 Å². The SMILES string of the molecule is CCCCCC(CCCCC(C)=O)OS(=O)(=O)O. The van der Waals surface area contributed by atoms with Crippen molar-refractivity contribution in [2.75, 3.05) is 0 Å². The molecular formula is C12H24O5S. The van der Waals surface area contributed by atoms with Gasteiger partial charge in [-0.1, -0.05) is 32.6 Å². The fourth-order valence-corrected chi connectivity index (χ4v) is 2.32. The van der Waals surface area contributed by atoms with Gasteiger partial charge in [-0.2, -0.15) is 8.42 Å². The zero-order valence-electron chi connectivity index (χ0n) is 11.2. The Morgan fingerprint density at radius 3 is 2.17 bits per heavy atom. The first kappa shape index (κ1) is 17.5. The minimum absolute atomic E-state index is 0.133. The summed E-state index contributed by atoms with van der Waals surface area (Å²) in [6, 6.07) is 0. The van der Waals surface area contributed by atoms with Gasteiger partial charge < -0.3 is 4.79 Å². The maximum atomic E-state index is 10.8. The minimum Gasteiger partial charge on any atom is -0.300 e. The normalized spacial score (nSPS) is 13.5. The first-order valence-corrected chi connectivity index (χ1v) is 7.86. The molecule has 0 rings (SSSR count). The van der Waals surface area contributed by atoms with E-state index >= 15 is 0 Å². The summed E-state index contributed by atoms with van der Waals surface area (Å²) in [4.78, 5) is 10.8. The highest BCUT2D eigenvalue weighted by atomic mass is 32.3. The van der Waals surface area contributed by atoms with Gasteiger partial charge >= 0.3 is 10.4 Å². The van der Waals surface area contributed by atoms with E-state index in [0.717, 1.165) is 32.1 Å². The largest absolute Gasteiger partial charge is 0.397 e. The van der Waals surface area contributed by atoms with Crippen molar-refractivity contribution in [3.63, 3.8) is 0 Å². The predicted octanol–water partition coefficient (Wildman–Crippen LogP) is 2.90. The second-order valence-electron chi connectivity index (χ2n) is 4.59. The highest BCUT2D eigenvalue weighted by molar-refractivity contribution is 7.80. The molecule has 0 aliphatic heterocycles. The molecule has 1 N–H and O–H groups in total. The predicted molar refractivity (Wildman–Crippen MR) is 69.7 cm³/mol. The Balaban J connectivity index is 4.00. The van der Waals surface area contributed by atoms with E-state index in [0.29, 0.717) is 19.3 Å². The summed E-state index contributed by atoms with van der Waals surface area (Å²) in [5.41, 5.74) is 0. The molecule has 0 spiro atoms. The Labute approximate surface area is 110 Å². The molecular weight excluding hydrogens is 256 g/mol. The maximum absolute atomic E-state index is 10.8. The van der Waals surface area contributed by atoms with Crippen LogP contribution in [0.5, 0.6) is 0 Å². The zero-order valence-corrected chi connectivity index (χ0v) is 12.0. The van der Waals surface area contributed by atoms with Crippen LogP contribution in [0.4, 0.5) is 0 Å². The van der Waals surface area contributed by atoms with Crippen molar-refractivity contribution in [3.05, 3.63) is 0 Å². The fraction of sp³-hybridized carbons (Fsp3) is 0.917. The Bertz CT molecular complexity index is 323. The van der Waals surface area contributed by atoms with Gasteiger partial charge in [-0.05, 0) is 26.2 Å². The van der Waals surface area contributed by atoms with E-state index < -0.39 is 16.5 Å². The lowest BCUT2D eigenvalue weighted by Gasteiger charge is -2.15. The molecule has 18 heavy (non-hydrogen) atoms. The summed E-state index contributed by atoms with van der Waals surface area (Å²) in [5, 5.41) is 0. The van der Waals surface area contributed by atoms with Crippen molar-refractivity contribution in [1.29, 1.82) is 0 Å². The van der Waals surface area contributed by atoms with E-state index in [1.165, 1.54) is 6.92 Å². The van der Waals surface area contributed by atoms with Crippen molar-refractivity contribution in [2.45, 2.75) is 71.3 Å². The number of hydrogen-bond acceptors (Lipinski definition) is 4. The summed E-state index contributed by atoms with van der Waals surface area (Å²) in [6.07, 6.45) is 5.60. The monoisotopic (exact) mass is 280 g/mol. The van der Waals surface area contributed by atoms with Crippen LogP contribution >= 0.6 is 0 Å². The fourth-order valence-electron chi connectivity index (χ4n) is 1.78. The molecule has 0 fully saturated rings. The molecule has 0 aliphatic carbocycles. The number of carbonyl (C=O) groups is 1. The molecule has 0 bridgehead atoms. The van der Waals surface area contributed by atoms with E-state index in [1.807, 2.05) is 0 Å². The first-order chi connectivity index (χ1) is 8.35. The molecule has 1 atom stereocenters. The molecule has 0 radical (unpaired) electrons. The van der Waals surface area contributed by atoms with Crippen LogP contribution in [0.15, 0.2) is 0 Å². The van der Waals surface area contributed by atoms with Crippen LogP contribution in [0.25, 0.3) is 0 Å². The van der Waals surface area contributed by atoms with Crippen molar-refractivity contribution in [3.8, 4) is 0 Å². The molecule has 108 valence electrons. The smallest absolute Gasteiger partial charge is 0.300 e. The number of Topliss-reactive ketones (excluding diaryl/α,β-unsaturated/α-hetero) is 1. The minimum atomic E-state index is -4.38. The third-order valence-electron chi connectivity index (χ3n) is 2.69. The Morgan fingerprint density at radius 2 is 1.72 bits per heavy atom. The summed E-state index contributed by atoms with van der Waals surface area (Å²) in [7, 11) is -4.38. The summed E-state index contributed by atoms with van der Waals surface area (Å²) < 4.78 is 34.7. The molecule has 0 aromatic carbocycles. The second-order valence-corrected chi connectivity index (χ2v) is 5.64. The van der Waals surface area contributed by atoms with Crippen molar-refractivity contribution in [1.82, 2.24) is 0 Å². The van der Waals surface area contributed by atoms with Crippen LogP contribution in [0.1, 0.15) is 65.2 Å². The van der Waals surface area contributed by atoms with E-state index in [1.54, 1.807) is 0 Å². The third-order valence-corrected chi connectivity index (χ3v) is 3.21. The molecule has 0 saturated heterocycles. The average Bonchev–Trinajstić information content (AvgIpc) is 2.22. The molecule has 0 aromatic heterocycles. The van der Waals surface area contributed by atoms with Gasteiger partial charge in [-0.25, -0.2) is 4.18 Å². The molecule has 0 saturated carbocycles. The topological polar surface area (TPSA) is 80.7 Å². The summed E-state index contributed by atoms with van der Waals surface area (Å²) in [5.74, 6) is 0.133. The van der Waals surface area contributed by atoms with Gasteiger partial charge in [-0.15, -0.1) is 0 Å². The molecule has 0 aromatic rings. The van der Waals surface area contributed by atoms with E-state index in [-0.39, 0.29) is 5.78 Å². The van der Waals surface area contributed by atoms with Crippen LogP contribution in [-0.2, 0) is 19.4 Å². The molecule has 5 nitrogen and oxygen atoms in total. The lowest BCUT2D eigenvalue weighted by molar-refractivity contribution is -0.117. The molecule has 1 unspecified atom stereocenters. The van der Waals surface area contributed by atoms with Crippen LogP contribution < -0.4 is 0 Å². The third kappa shape index (κ3) is 12.0. The van der Waals surface area contributed by atoms with Gasteiger partial charge in [0.05, 0.1) is 6.10 Å². The quantitative estimate of drug-likeness (QED) is 0.465. The Kier molecular flexibility index (Phi) is 9.23. The van der Waals surface area contributed by atoms with E-state index in [4.69, 9.17) is 4.55 Å². The van der Waals surface area contributed by atoms with Crippen LogP contribution in [0.2, 0.25) is 0 Å².